The number of oxime groups is 1. The Kier molecular flexibility index (Phi) is 7.84. The van der Waals surface area contributed by atoms with Crippen LogP contribution in [0.2, 0.25) is 0 Å². The number of carbonyl (C=O) groups is 1. The van der Waals surface area contributed by atoms with Gasteiger partial charge in [-0.05, 0) is 19.8 Å². The molecule has 29 heavy (non-hydrogen) atoms. The van der Waals surface area contributed by atoms with E-state index in [1.54, 1.807) is 13.0 Å². The van der Waals surface area contributed by atoms with Crippen molar-refractivity contribution in [3.8, 4) is 6.07 Å². The number of amidine groups is 1. The summed E-state index contributed by atoms with van der Waals surface area (Å²) in [6.45, 7) is 6.24. The van der Waals surface area contributed by atoms with E-state index in [2.05, 4.69) is 9.73 Å². The summed E-state index contributed by atoms with van der Waals surface area (Å²) in [5.41, 5.74) is -0.383. The molecule has 168 valence electrons. The van der Waals surface area contributed by atoms with Gasteiger partial charge in [0.15, 0.2) is 0 Å². The number of nitriles is 1. The zero-order chi connectivity index (χ0) is 22.2. The molecule has 2 fully saturated rings. The van der Waals surface area contributed by atoms with Crippen LogP contribution in [0.3, 0.4) is 0 Å². The molecule has 0 aromatic carbocycles. The maximum absolute atomic E-state index is 11.6. The molecule has 2 heterocycles. The fraction of sp³-hybridized carbons (Fsp3) is 0.714. The van der Waals surface area contributed by atoms with Gasteiger partial charge >= 0.3 is 45.0 Å². The number of rotatable bonds is 3. The molecule has 0 radical (unpaired) electrons. The zero-order valence-electron chi connectivity index (χ0n) is 15.5. The first-order valence-electron chi connectivity index (χ1n) is 8.54. The van der Waals surface area contributed by atoms with E-state index in [1.165, 1.54) is 0 Å². The van der Waals surface area contributed by atoms with Gasteiger partial charge < -0.3 is 9.47 Å². The fourth-order valence-electron chi connectivity index (χ4n) is 2.37. The van der Waals surface area contributed by atoms with Crippen LogP contribution in [-0.2, 0) is 19.1 Å². The van der Waals surface area contributed by atoms with E-state index in [9.17, 15) is 30.0 Å². The number of carbonyl (C=O) groups excluding carboxylic acids is 1. The van der Waals surface area contributed by atoms with E-state index < -0.39 is 13.8 Å². The molecule has 0 spiro atoms. The van der Waals surface area contributed by atoms with Crippen LogP contribution in [0.25, 0.3) is 0 Å². The summed E-state index contributed by atoms with van der Waals surface area (Å²) in [5, 5.41) is 12.7. The minimum atomic E-state index is -10.7. The molecule has 0 amide bonds. The van der Waals surface area contributed by atoms with Crippen LogP contribution in [-0.4, -0.2) is 73.2 Å². The standard InChI is InChI=1S/C14H21N4O4.F6P/c1-2-21-13(19)12(11-15)16-22-14(17-5-3-4-6-17)18-7-9-20-10-8-18;1-7(2,3,4,5)6/h2-10H2,1H3;/q+1;-1/b16-12-;. The summed E-state index contributed by atoms with van der Waals surface area (Å²) in [5.74, 6) is -0.771. The molecule has 0 atom stereocenters. The van der Waals surface area contributed by atoms with Gasteiger partial charge in [-0.3, -0.25) is 4.84 Å². The van der Waals surface area contributed by atoms with Crippen LogP contribution in [0, 0.1) is 11.3 Å². The number of hydrogen-bond donors (Lipinski definition) is 0. The van der Waals surface area contributed by atoms with Crippen molar-refractivity contribution >= 4 is 25.5 Å². The summed E-state index contributed by atoms with van der Waals surface area (Å²) >= 11 is 0. The molecule has 0 aromatic rings. The van der Waals surface area contributed by atoms with E-state index >= 15 is 0 Å². The van der Waals surface area contributed by atoms with Crippen LogP contribution in [0.15, 0.2) is 5.16 Å². The van der Waals surface area contributed by atoms with Gasteiger partial charge in [0.1, 0.15) is 19.2 Å². The van der Waals surface area contributed by atoms with Gasteiger partial charge in [0.2, 0.25) is 0 Å². The Labute approximate surface area is 162 Å². The van der Waals surface area contributed by atoms with Crippen molar-refractivity contribution in [1.29, 1.82) is 5.26 Å². The Bertz CT molecular complexity index is 680. The van der Waals surface area contributed by atoms with Crippen molar-refractivity contribution in [2.75, 3.05) is 46.0 Å². The predicted octanol–water partition coefficient (Wildman–Crippen LogP) is 3.32. The Morgan fingerprint density at radius 1 is 1.17 bits per heavy atom. The summed E-state index contributed by atoms with van der Waals surface area (Å²) in [6, 6.07) is 2.29. The van der Waals surface area contributed by atoms with Crippen molar-refractivity contribution < 1.29 is 48.9 Å². The van der Waals surface area contributed by atoms with Crippen molar-refractivity contribution in [1.82, 2.24) is 4.90 Å². The second-order valence-electron chi connectivity index (χ2n) is 5.90. The number of nitrogens with zero attached hydrogens (tertiary/aromatic N) is 4. The predicted molar refractivity (Wildman–Crippen MR) is 91.0 cm³/mol. The maximum atomic E-state index is 11.6. The molecule has 2 rings (SSSR count). The van der Waals surface area contributed by atoms with Gasteiger partial charge in [-0.25, -0.2) is 14.3 Å². The molecular weight excluding hydrogens is 433 g/mol. The van der Waals surface area contributed by atoms with Gasteiger partial charge in [0.25, 0.3) is 5.71 Å². The molecule has 0 unspecified atom stereocenters. The molecule has 0 aromatic heterocycles. The van der Waals surface area contributed by atoms with E-state index in [0.717, 1.165) is 25.9 Å². The third kappa shape index (κ3) is 12.1. The molecule has 2 saturated heterocycles. The monoisotopic (exact) mass is 454 g/mol. The summed E-state index contributed by atoms with van der Waals surface area (Å²) in [6.07, 6.45) is 2.17. The first-order chi connectivity index (χ1) is 13.2. The molecule has 2 aliphatic rings. The summed E-state index contributed by atoms with van der Waals surface area (Å²) in [7, 11) is -10.7. The van der Waals surface area contributed by atoms with Crippen LogP contribution < -0.4 is 0 Å². The van der Waals surface area contributed by atoms with Crippen molar-refractivity contribution in [2.24, 2.45) is 5.16 Å². The zero-order valence-corrected chi connectivity index (χ0v) is 16.4. The molecule has 0 N–H and O–H groups in total. The quantitative estimate of drug-likeness (QED) is 0.124. The molecule has 15 heteroatoms. The Balaban J connectivity index is 0.000000516. The molecule has 0 bridgehead atoms. The molecule has 2 aliphatic heterocycles. The Morgan fingerprint density at radius 2 is 1.69 bits per heavy atom. The van der Waals surface area contributed by atoms with Crippen molar-refractivity contribution in [3.63, 3.8) is 0 Å². The number of hydrogen-bond acceptors (Lipinski definition) is 6. The fourth-order valence-corrected chi connectivity index (χ4v) is 2.37. The van der Waals surface area contributed by atoms with Crippen LogP contribution >= 0.6 is 7.81 Å². The van der Waals surface area contributed by atoms with Crippen LogP contribution in [0.4, 0.5) is 25.2 Å². The second kappa shape index (κ2) is 9.13. The van der Waals surface area contributed by atoms with E-state index in [4.69, 9.17) is 19.6 Å². The molecule has 8 nitrogen and oxygen atoms in total. The van der Waals surface area contributed by atoms with Crippen molar-refractivity contribution in [2.45, 2.75) is 19.8 Å². The first-order valence-corrected chi connectivity index (χ1v) is 10.6. The number of morpholine rings is 1. The van der Waals surface area contributed by atoms with Gasteiger partial charge in [-0.15, -0.1) is 0 Å². The van der Waals surface area contributed by atoms with Crippen molar-refractivity contribution in [3.05, 3.63) is 0 Å². The third-order valence-electron chi connectivity index (χ3n) is 3.45. The van der Waals surface area contributed by atoms with Gasteiger partial charge in [-0.2, -0.15) is 5.26 Å². The summed E-state index contributed by atoms with van der Waals surface area (Å²) in [4.78, 5) is 19.1. The number of halogens is 6. The Hall–Kier alpha value is -2.13. The number of ether oxygens (including phenoxy) is 2. The third-order valence-corrected chi connectivity index (χ3v) is 3.45. The summed E-state index contributed by atoms with van der Waals surface area (Å²) < 4.78 is 71.4. The Morgan fingerprint density at radius 3 is 2.14 bits per heavy atom. The second-order valence-corrected chi connectivity index (χ2v) is 7.81. The topological polar surface area (TPSA) is 87.2 Å². The van der Waals surface area contributed by atoms with E-state index in [0.29, 0.717) is 32.3 Å². The SMILES string of the molecule is CCOC(=O)/C(C#N)=N\OC(N1CCOCC1)=[N+]1CCCC1.F[P-](F)(F)(F)(F)F. The van der Waals surface area contributed by atoms with Crippen LogP contribution in [0.1, 0.15) is 19.8 Å². The first kappa shape index (κ1) is 24.9. The van der Waals surface area contributed by atoms with Crippen LogP contribution in [0.5, 0.6) is 0 Å². The normalized spacial score (nSPS) is 19.9. The average Bonchev–Trinajstić information content (AvgIpc) is 3.11. The molecule has 0 saturated carbocycles. The van der Waals surface area contributed by atoms with Gasteiger partial charge in [0.05, 0.1) is 32.9 Å². The molecule has 0 aliphatic carbocycles. The van der Waals surface area contributed by atoms with E-state index in [-0.39, 0.29) is 12.3 Å². The molecular formula is C14H21F6N4O4P. The van der Waals surface area contributed by atoms with E-state index in [1.807, 2.05) is 4.90 Å². The number of esters is 1. The minimum absolute atomic E-state index is 0.186. The average molecular weight is 454 g/mol. The van der Waals surface area contributed by atoms with Gasteiger partial charge in [0, 0.05) is 0 Å². The van der Waals surface area contributed by atoms with Gasteiger partial charge in [-0.1, -0.05) is 5.16 Å².